The van der Waals surface area contributed by atoms with Gasteiger partial charge in [0, 0.05) is 12.5 Å². The normalized spacial score (nSPS) is 25.3. The summed E-state index contributed by atoms with van der Waals surface area (Å²) in [6.45, 7) is 7.26. The average molecular weight is 213 g/mol. The minimum atomic E-state index is -0.310. The number of hydrogen-bond acceptors (Lipinski definition) is 4. The number of nitrogens with zero attached hydrogens (tertiary/aromatic N) is 1. The molecule has 0 saturated heterocycles. The van der Waals surface area contributed by atoms with E-state index < -0.39 is 0 Å². The Bertz CT molecular complexity index is 261. The lowest BCUT2D eigenvalue weighted by atomic mass is 9.85. The quantitative estimate of drug-likeness (QED) is 0.667. The largest absolute Gasteiger partial charge is 0.481 e. The molecule has 0 N–H and O–H groups in total. The van der Waals surface area contributed by atoms with Gasteiger partial charge in [-0.05, 0) is 12.8 Å². The highest BCUT2D eigenvalue weighted by atomic mass is 16.5. The molecule has 2 unspecified atom stereocenters. The van der Waals surface area contributed by atoms with Crippen LogP contribution in [-0.4, -0.2) is 32.1 Å². The molecule has 0 spiro atoms. The summed E-state index contributed by atoms with van der Waals surface area (Å²) in [6.07, 6.45) is 0. The summed E-state index contributed by atoms with van der Waals surface area (Å²) in [6, 6.07) is 0. The van der Waals surface area contributed by atoms with Crippen LogP contribution in [0.2, 0.25) is 0 Å². The molecule has 86 valence electrons. The Kier molecular flexibility index (Phi) is 4.12. The van der Waals surface area contributed by atoms with Crippen LogP contribution in [0.25, 0.3) is 0 Å². The smallest absolute Gasteiger partial charge is 0.318 e. The highest BCUT2D eigenvalue weighted by Gasteiger charge is 2.40. The second-order valence-corrected chi connectivity index (χ2v) is 4.02. The molecule has 0 aromatic carbocycles. The first-order chi connectivity index (χ1) is 7.11. The van der Waals surface area contributed by atoms with E-state index in [0.29, 0.717) is 25.0 Å². The number of hydrogen-bond donors (Lipinski definition) is 0. The van der Waals surface area contributed by atoms with Crippen molar-refractivity contribution in [3.05, 3.63) is 0 Å². The fourth-order valence-corrected chi connectivity index (χ4v) is 1.86. The second kappa shape index (κ2) is 5.14. The van der Waals surface area contributed by atoms with Gasteiger partial charge in [-0.25, -0.2) is 0 Å². The average Bonchev–Trinajstić information content (AvgIpc) is 2.61. The molecule has 0 aliphatic carbocycles. The van der Waals surface area contributed by atoms with Gasteiger partial charge in [-0.1, -0.05) is 13.8 Å². The first kappa shape index (κ1) is 12.0. The minimum absolute atomic E-state index is 0.207. The van der Waals surface area contributed by atoms with E-state index in [9.17, 15) is 4.79 Å². The van der Waals surface area contributed by atoms with E-state index >= 15 is 0 Å². The molecule has 0 saturated carbocycles. The lowest BCUT2D eigenvalue weighted by Crippen LogP contribution is -2.32. The van der Waals surface area contributed by atoms with Crippen LogP contribution >= 0.6 is 0 Å². The summed E-state index contributed by atoms with van der Waals surface area (Å²) >= 11 is 0. The van der Waals surface area contributed by atoms with Crippen molar-refractivity contribution in [3.8, 4) is 0 Å². The number of ether oxygens (including phenoxy) is 2. The van der Waals surface area contributed by atoms with Crippen molar-refractivity contribution in [2.24, 2.45) is 22.7 Å². The third-order valence-corrected chi connectivity index (χ3v) is 2.76. The number of rotatable bonds is 3. The van der Waals surface area contributed by atoms with Crippen LogP contribution in [0.3, 0.4) is 0 Å². The first-order valence-electron chi connectivity index (χ1n) is 5.36. The summed E-state index contributed by atoms with van der Waals surface area (Å²) in [5.74, 6) is 0.603. The minimum Gasteiger partial charge on any atom is -0.481 e. The molecule has 1 heterocycles. The Morgan fingerprint density at radius 2 is 2.27 bits per heavy atom. The Morgan fingerprint density at radius 3 is 2.73 bits per heavy atom. The molecular weight excluding hydrogens is 194 g/mol. The summed E-state index contributed by atoms with van der Waals surface area (Å²) in [5.41, 5.74) is 0. The molecule has 15 heavy (non-hydrogen) atoms. The van der Waals surface area contributed by atoms with Gasteiger partial charge in [0.15, 0.2) is 5.90 Å². The predicted octanol–water partition coefficient (Wildman–Crippen LogP) is 1.50. The molecule has 2 atom stereocenters. The number of carbonyl (C=O) groups is 1. The van der Waals surface area contributed by atoms with Gasteiger partial charge in [0.25, 0.3) is 0 Å². The van der Waals surface area contributed by atoms with E-state index in [4.69, 9.17) is 9.47 Å². The maximum atomic E-state index is 11.6. The summed E-state index contributed by atoms with van der Waals surface area (Å²) < 4.78 is 10.2. The molecule has 0 amide bonds. The van der Waals surface area contributed by atoms with Crippen LogP contribution in [0, 0.1) is 17.8 Å². The van der Waals surface area contributed by atoms with Crippen LogP contribution in [0.4, 0.5) is 0 Å². The SMILES string of the molecule is CCOC1=NCC(C(C)C)C1C(=O)OC. The fourth-order valence-electron chi connectivity index (χ4n) is 1.86. The van der Waals surface area contributed by atoms with Gasteiger partial charge in [-0.2, -0.15) is 0 Å². The Labute approximate surface area is 90.7 Å². The molecule has 0 bridgehead atoms. The standard InChI is InChI=1S/C11H19NO3/c1-5-15-10-9(11(13)14-4)8(6-12-10)7(2)3/h7-9H,5-6H2,1-4H3. The fraction of sp³-hybridized carbons (Fsp3) is 0.818. The maximum Gasteiger partial charge on any atom is 0.318 e. The van der Waals surface area contributed by atoms with E-state index in [0.717, 1.165) is 0 Å². The van der Waals surface area contributed by atoms with Crippen LogP contribution in [0.15, 0.2) is 4.99 Å². The zero-order chi connectivity index (χ0) is 11.4. The van der Waals surface area contributed by atoms with E-state index in [-0.39, 0.29) is 17.8 Å². The first-order valence-corrected chi connectivity index (χ1v) is 5.36. The van der Waals surface area contributed by atoms with Crippen LogP contribution in [0.1, 0.15) is 20.8 Å². The predicted molar refractivity (Wildman–Crippen MR) is 57.8 cm³/mol. The topological polar surface area (TPSA) is 47.9 Å². The molecule has 0 aromatic rings. The second-order valence-electron chi connectivity index (χ2n) is 4.02. The van der Waals surface area contributed by atoms with Gasteiger partial charge in [-0.15, -0.1) is 0 Å². The molecular formula is C11H19NO3. The van der Waals surface area contributed by atoms with Gasteiger partial charge < -0.3 is 9.47 Å². The monoisotopic (exact) mass is 213 g/mol. The van der Waals surface area contributed by atoms with Crippen molar-refractivity contribution in [2.45, 2.75) is 20.8 Å². The Hall–Kier alpha value is -1.06. The number of methoxy groups -OCH3 is 1. The molecule has 1 aliphatic rings. The van der Waals surface area contributed by atoms with Crippen molar-refractivity contribution in [3.63, 3.8) is 0 Å². The molecule has 0 fully saturated rings. The van der Waals surface area contributed by atoms with Gasteiger partial charge in [0.1, 0.15) is 5.92 Å². The van der Waals surface area contributed by atoms with E-state index in [1.807, 2.05) is 6.92 Å². The molecule has 0 radical (unpaired) electrons. The molecule has 0 aromatic heterocycles. The number of aliphatic imine (C=N–C) groups is 1. The van der Waals surface area contributed by atoms with Gasteiger partial charge in [0.2, 0.25) is 0 Å². The number of carbonyl (C=O) groups excluding carboxylic acids is 1. The molecule has 1 rings (SSSR count). The van der Waals surface area contributed by atoms with Crippen LogP contribution in [0.5, 0.6) is 0 Å². The lowest BCUT2D eigenvalue weighted by Gasteiger charge is -2.21. The lowest BCUT2D eigenvalue weighted by molar-refractivity contribution is -0.145. The van der Waals surface area contributed by atoms with Crippen molar-refractivity contribution in [2.75, 3.05) is 20.3 Å². The zero-order valence-electron chi connectivity index (χ0n) is 9.82. The van der Waals surface area contributed by atoms with E-state index in [2.05, 4.69) is 18.8 Å². The van der Waals surface area contributed by atoms with E-state index in [1.165, 1.54) is 7.11 Å². The van der Waals surface area contributed by atoms with Crippen LogP contribution < -0.4 is 0 Å². The highest BCUT2D eigenvalue weighted by molar-refractivity contribution is 5.99. The van der Waals surface area contributed by atoms with Gasteiger partial charge >= 0.3 is 5.97 Å². The summed E-state index contributed by atoms with van der Waals surface area (Å²) in [4.78, 5) is 15.9. The highest BCUT2D eigenvalue weighted by Crippen LogP contribution is 2.29. The molecule has 4 heteroatoms. The zero-order valence-corrected chi connectivity index (χ0v) is 9.82. The van der Waals surface area contributed by atoms with Crippen molar-refractivity contribution in [1.29, 1.82) is 0 Å². The molecule has 4 nitrogen and oxygen atoms in total. The Morgan fingerprint density at radius 1 is 1.60 bits per heavy atom. The van der Waals surface area contributed by atoms with E-state index in [1.54, 1.807) is 0 Å². The number of esters is 1. The van der Waals surface area contributed by atoms with Gasteiger partial charge in [-0.3, -0.25) is 9.79 Å². The van der Waals surface area contributed by atoms with Gasteiger partial charge in [0.05, 0.1) is 13.7 Å². The van der Waals surface area contributed by atoms with Crippen molar-refractivity contribution < 1.29 is 14.3 Å². The van der Waals surface area contributed by atoms with Crippen molar-refractivity contribution >= 4 is 11.9 Å². The van der Waals surface area contributed by atoms with Crippen molar-refractivity contribution in [1.82, 2.24) is 0 Å². The van der Waals surface area contributed by atoms with Crippen LogP contribution in [-0.2, 0) is 14.3 Å². The third-order valence-electron chi connectivity index (χ3n) is 2.76. The molecule has 1 aliphatic heterocycles. The summed E-state index contributed by atoms with van der Waals surface area (Å²) in [7, 11) is 1.40. The summed E-state index contributed by atoms with van der Waals surface area (Å²) in [5, 5.41) is 0. The third kappa shape index (κ3) is 2.49. The maximum absolute atomic E-state index is 11.6. The Balaban J connectivity index is 2.79.